The molecule has 0 aromatic rings. The highest BCUT2D eigenvalue weighted by molar-refractivity contribution is 6.63. The van der Waals surface area contributed by atoms with Crippen molar-refractivity contribution in [1.82, 2.24) is 0 Å². The summed E-state index contributed by atoms with van der Waals surface area (Å²) in [4.78, 5) is 0. The van der Waals surface area contributed by atoms with Crippen LogP contribution in [0.1, 0.15) is 96.9 Å². The Labute approximate surface area is 185 Å². The van der Waals surface area contributed by atoms with Crippen LogP contribution in [-0.4, -0.2) is 36.6 Å². The van der Waals surface area contributed by atoms with Crippen LogP contribution < -0.4 is 0 Å². The number of hydrogen-bond acceptors (Lipinski definition) is 4. The van der Waals surface area contributed by atoms with Crippen molar-refractivity contribution in [2.24, 2.45) is 10.8 Å². The second kappa shape index (κ2) is 6.50. The third kappa shape index (κ3) is 3.56. The zero-order valence-electron chi connectivity index (χ0n) is 21.8. The quantitative estimate of drug-likeness (QED) is 0.522. The summed E-state index contributed by atoms with van der Waals surface area (Å²) in [7, 11) is -0.769. The van der Waals surface area contributed by atoms with Crippen LogP contribution in [0.4, 0.5) is 0 Å². The van der Waals surface area contributed by atoms with Gasteiger partial charge in [0.15, 0.2) is 0 Å². The highest BCUT2D eigenvalue weighted by atomic mass is 16.7. The maximum absolute atomic E-state index is 6.52. The Bertz CT molecular complexity index is 693. The van der Waals surface area contributed by atoms with Gasteiger partial charge in [-0.1, -0.05) is 41.5 Å². The summed E-state index contributed by atoms with van der Waals surface area (Å²) < 4.78 is 26.1. The van der Waals surface area contributed by atoms with Crippen LogP contribution in [0.2, 0.25) is 0 Å². The van der Waals surface area contributed by atoms with Crippen molar-refractivity contribution in [3.05, 3.63) is 22.1 Å². The molecule has 2 fully saturated rings. The largest absolute Gasteiger partial charge is 0.495 e. The Morgan fingerprint density at radius 1 is 0.467 bits per heavy atom. The first-order valence-corrected chi connectivity index (χ1v) is 11.3. The zero-order chi connectivity index (χ0) is 23.3. The monoisotopic (exact) mass is 416 g/mol. The fourth-order valence-corrected chi connectivity index (χ4v) is 4.49. The summed E-state index contributed by atoms with van der Waals surface area (Å²) in [5.41, 5.74) is 3.17. The second-order valence-electron chi connectivity index (χ2n) is 13.3. The lowest BCUT2D eigenvalue weighted by molar-refractivity contribution is 0.00578. The van der Waals surface area contributed by atoms with Gasteiger partial charge in [-0.25, -0.2) is 0 Å². The Morgan fingerprint density at radius 2 is 0.667 bits per heavy atom. The van der Waals surface area contributed by atoms with Crippen LogP contribution in [0.25, 0.3) is 0 Å². The van der Waals surface area contributed by atoms with E-state index in [0.29, 0.717) is 0 Å². The third-order valence-electron chi connectivity index (χ3n) is 7.56. The SMILES string of the molecule is CC(C)(C)C1=C(B2OC(C)(C)C(C)(C)O2)C(C(C)(C)C)=C1B1OC(C)(C)C(C)(C)O1. The molecule has 0 atom stereocenters. The first-order valence-electron chi connectivity index (χ1n) is 11.3. The van der Waals surface area contributed by atoms with Crippen molar-refractivity contribution < 1.29 is 18.6 Å². The van der Waals surface area contributed by atoms with Gasteiger partial charge in [-0.05, 0) is 88.3 Å². The standard InChI is InChI=1S/C24H42B2O4/c1-19(2,3)15-17(25-27-21(7,8)22(9,10)28-25)16(20(4,5)6)18(15)26-29-23(11,12)24(13,14)30-26/h1-14H3. The van der Waals surface area contributed by atoms with E-state index in [1.807, 2.05) is 0 Å². The molecule has 30 heavy (non-hydrogen) atoms. The fraction of sp³-hybridized carbons (Fsp3) is 0.833. The second-order valence-corrected chi connectivity index (χ2v) is 13.3. The molecule has 2 heterocycles. The molecule has 3 aliphatic rings. The van der Waals surface area contributed by atoms with Gasteiger partial charge < -0.3 is 18.6 Å². The average molecular weight is 416 g/mol. The zero-order valence-corrected chi connectivity index (χ0v) is 21.8. The average Bonchev–Trinajstić information content (AvgIpc) is 2.72. The molecule has 0 N–H and O–H groups in total. The Morgan fingerprint density at radius 3 is 0.833 bits per heavy atom. The van der Waals surface area contributed by atoms with E-state index < -0.39 is 0 Å². The summed E-state index contributed by atoms with van der Waals surface area (Å²) in [6, 6.07) is 0. The number of rotatable bonds is 2. The molecule has 6 heteroatoms. The molecule has 0 aromatic carbocycles. The number of allylic oxidation sites excluding steroid dienone is 4. The van der Waals surface area contributed by atoms with Crippen LogP contribution >= 0.6 is 0 Å². The summed E-state index contributed by atoms with van der Waals surface area (Å²) in [5, 5.41) is 0. The van der Waals surface area contributed by atoms with E-state index in [1.54, 1.807) is 0 Å². The van der Waals surface area contributed by atoms with Crippen molar-refractivity contribution in [2.45, 2.75) is 119 Å². The molecule has 0 aromatic heterocycles. The van der Waals surface area contributed by atoms with Gasteiger partial charge in [0.05, 0.1) is 22.4 Å². The van der Waals surface area contributed by atoms with Crippen molar-refractivity contribution in [3.63, 3.8) is 0 Å². The molecule has 3 rings (SSSR count). The Kier molecular flexibility index (Phi) is 5.22. The van der Waals surface area contributed by atoms with E-state index in [9.17, 15) is 0 Å². The Hall–Kier alpha value is -0.550. The van der Waals surface area contributed by atoms with E-state index in [2.05, 4.69) is 96.9 Å². The molecular weight excluding hydrogens is 374 g/mol. The van der Waals surface area contributed by atoms with Crippen LogP contribution in [-0.2, 0) is 18.6 Å². The summed E-state index contributed by atoms with van der Waals surface area (Å²) in [6.45, 7) is 30.4. The lowest BCUT2D eigenvalue weighted by Crippen LogP contribution is -2.43. The Balaban J connectivity index is 2.13. The van der Waals surface area contributed by atoms with Gasteiger partial charge in [-0.3, -0.25) is 0 Å². The summed E-state index contributed by atoms with van der Waals surface area (Å²) >= 11 is 0. The third-order valence-corrected chi connectivity index (χ3v) is 7.56. The van der Waals surface area contributed by atoms with Gasteiger partial charge in [0.1, 0.15) is 0 Å². The smallest absolute Gasteiger partial charge is 0.399 e. The van der Waals surface area contributed by atoms with Crippen LogP contribution in [0.5, 0.6) is 0 Å². The van der Waals surface area contributed by atoms with Crippen molar-refractivity contribution in [1.29, 1.82) is 0 Å². The normalized spacial score (nSPS) is 27.8. The maximum Gasteiger partial charge on any atom is 0.495 e. The van der Waals surface area contributed by atoms with Gasteiger partial charge in [-0.15, -0.1) is 0 Å². The minimum atomic E-state index is -0.385. The van der Waals surface area contributed by atoms with Crippen LogP contribution in [0, 0.1) is 10.8 Å². The highest BCUT2D eigenvalue weighted by Crippen LogP contribution is 2.57. The minimum Gasteiger partial charge on any atom is -0.399 e. The molecule has 1 aliphatic carbocycles. The van der Waals surface area contributed by atoms with Gasteiger partial charge in [0.2, 0.25) is 0 Å². The van der Waals surface area contributed by atoms with E-state index in [0.717, 1.165) is 0 Å². The molecule has 0 unspecified atom stereocenters. The van der Waals surface area contributed by atoms with E-state index >= 15 is 0 Å². The minimum absolute atomic E-state index is 0.0907. The van der Waals surface area contributed by atoms with E-state index in [1.165, 1.54) is 22.1 Å². The van der Waals surface area contributed by atoms with Crippen LogP contribution in [0.15, 0.2) is 22.1 Å². The predicted molar refractivity (Wildman–Crippen MR) is 125 cm³/mol. The first kappa shape index (κ1) is 24.1. The molecule has 168 valence electrons. The molecular formula is C24H42B2O4. The topological polar surface area (TPSA) is 36.9 Å². The molecule has 0 radical (unpaired) electrons. The lowest BCUT2D eigenvalue weighted by atomic mass is 9.46. The predicted octanol–water partition coefficient (Wildman–Crippen LogP) is 5.95. The van der Waals surface area contributed by atoms with Gasteiger partial charge >= 0.3 is 14.2 Å². The van der Waals surface area contributed by atoms with Crippen LogP contribution in [0.3, 0.4) is 0 Å². The molecule has 0 bridgehead atoms. The molecule has 0 saturated carbocycles. The molecule has 4 nitrogen and oxygen atoms in total. The van der Waals surface area contributed by atoms with Gasteiger partial charge in [0, 0.05) is 0 Å². The van der Waals surface area contributed by atoms with E-state index in [4.69, 9.17) is 18.6 Å². The summed E-state index contributed by atoms with van der Waals surface area (Å²) in [5.74, 6) is 0. The fourth-order valence-electron chi connectivity index (χ4n) is 4.49. The maximum atomic E-state index is 6.52. The van der Waals surface area contributed by atoms with Crippen molar-refractivity contribution in [3.8, 4) is 0 Å². The van der Waals surface area contributed by atoms with Gasteiger partial charge in [-0.2, -0.15) is 0 Å². The lowest BCUT2D eigenvalue weighted by Gasteiger charge is -2.45. The summed E-state index contributed by atoms with van der Waals surface area (Å²) in [6.07, 6.45) is 0. The van der Waals surface area contributed by atoms with Crippen molar-refractivity contribution in [2.75, 3.05) is 0 Å². The first-order chi connectivity index (χ1) is 13.1. The molecule has 0 spiro atoms. The van der Waals surface area contributed by atoms with Gasteiger partial charge in [0.25, 0.3) is 0 Å². The highest BCUT2D eigenvalue weighted by Gasteiger charge is 2.61. The molecule has 2 aliphatic heterocycles. The van der Waals surface area contributed by atoms with Crippen molar-refractivity contribution >= 4 is 14.2 Å². The molecule has 2 saturated heterocycles. The van der Waals surface area contributed by atoms with E-state index in [-0.39, 0.29) is 47.5 Å². The number of hydrogen-bond donors (Lipinski definition) is 0. The molecule has 0 amide bonds.